The lowest BCUT2D eigenvalue weighted by Crippen LogP contribution is -2.46. The van der Waals surface area contributed by atoms with E-state index in [2.05, 4.69) is 10.1 Å². The molecule has 1 atom stereocenters. The van der Waals surface area contributed by atoms with E-state index >= 15 is 0 Å². The van der Waals surface area contributed by atoms with Gasteiger partial charge >= 0.3 is 0 Å². The summed E-state index contributed by atoms with van der Waals surface area (Å²) in [5, 5.41) is 4.60. The Bertz CT molecular complexity index is 1310. The van der Waals surface area contributed by atoms with Crippen LogP contribution in [0.4, 0.5) is 8.78 Å². The minimum atomic E-state index is -2.91. The van der Waals surface area contributed by atoms with Crippen LogP contribution < -0.4 is 0 Å². The van der Waals surface area contributed by atoms with Crippen molar-refractivity contribution >= 4 is 11.6 Å². The van der Waals surface area contributed by atoms with Crippen molar-refractivity contribution in [3.63, 3.8) is 0 Å². The zero-order valence-electron chi connectivity index (χ0n) is 20.5. The number of rotatable bonds is 8. The van der Waals surface area contributed by atoms with Crippen LogP contribution in [0.15, 0.2) is 73.1 Å². The summed E-state index contributed by atoms with van der Waals surface area (Å²) in [7, 11) is 1.83. The molecule has 1 amide bonds. The molecule has 0 saturated carbocycles. The number of fused-ring (bicyclic) bond motifs is 1. The molecule has 0 aliphatic carbocycles. The number of benzene rings is 2. The average Bonchev–Trinajstić information content (AvgIpc) is 3.28. The first-order valence-corrected chi connectivity index (χ1v) is 11.8. The molecule has 7 heteroatoms. The van der Waals surface area contributed by atoms with Gasteiger partial charge in [0.25, 0.3) is 5.92 Å². The van der Waals surface area contributed by atoms with Gasteiger partial charge in [-0.3, -0.25) is 4.79 Å². The van der Waals surface area contributed by atoms with Gasteiger partial charge in [-0.15, -0.1) is 0 Å². The largest absolute Gasteiger partial charge is 0.345 e. The standard InChI is InChI=1S/C28H30F2N4O/c1-5-17-33(4)26(35)27(2,18-20-9-7-6-8-10-20)24-15-16-31-25-23(19-32-34(24)25)21-11-13-22(14-12-21)28(3,29)30/h6-16,19H,5,17-18H2,1-4H3. The van der Waals surface area contributed by atoms with E-state index in [-0.39, 0.29) is 11.5 Å². The van der Waals surface area contributed by atoms with Gasteiger partial charge in [0, 0.05) is 37.8 Å². The zero-order chi connectivity index (χ0) is 25.2. The molecule has 35 heavy (non-hydrogen) atoms. The molecule has 2 heterocycles. The lowest BCUT2D eigenvalue weighted by molar-refractivity contribution is -0.135. The summed E-state index contributed by atoms with van der Waals surface area (Å²) in [4.78, 5) is 20.1. The van der Waals surface area contributed by atoms with Gasteiger partial charge in [0.15, 0.2) is 5.65 Å². The zero-order valence-corrected chi connectivity index (χ0v) is 20.5. The third-order valence-corrected chi connectivity index (χ3v) is 6.45. The number of amides is 1. The van der Waals surface area contributed by atoms with Crippen LogP contribution in [-0.4, -0.2) is 39.0 Å². The number of carbonyl (C=O) groups is 1. The molecule has 0 N–H and O–H groups in total. The Morgan fingerprint density at radius 1 is 1.03 bits per heavy atom. The van der Waals surface area contributed by atoms with Crippen molar-refractivity contribution < 1.29 is 13.6 Å². The molecule has 2 aromatic carbocycles. The van der Waals surface area contributed by atoms with E-state index in [1.807, 2.05) is 57.3 Å². The van der Waals surface area contributed by atoms with E-state index in [1.54, 1.807) is 33.9 Å². The second-order valence-electron chi connectivity index (χ2n) is 9.31. The molecule has 0 aliphatic rings. The number of likely N-dealkylation sites (N-methyl/N-ethyl adjacent to an activating group) is 1. The lowest BCUT2D eigenvalue weighted by Gasteiger charge is -2.33. The quantitative estimate of drug-likeness (QED) is 0.319. The van der Waals surface area contributed by atoms with Crippen LogP contribution in [0.5, 0.6) is 0 Å². The molecule has 182 valence electrons. The smallest absolute Gasteiger partial charge is 0.270 e. The van der Waals surface area contributed by atoms with Crippen LogP contribution in [0.25, 0.3) is 16.8 Å². The predicted molar refractivity (Wildman–Crippen MR) is 133 cm³/mol. The Hall–Kier alpha value is -3.61. The molecular formula is C28H30F2N4O. The summed E-state index contributed by atoms with van der Waals surface area (Å²) in [6.45, 7) is 5.52. The minimum absolute atomic E-state index is 0.00211. The molecule has 1 unspecified atom stereocenters. The van der Waals surface area contributed by atoms with Crippen molar-refractivity contribution in [2.75, 3.05) is 13.6 Å². The van der Waals surface area contributed by atoms with Gasteiger partial charge in [-0.05, 0) is 37.0 Å². The van der Waals surface area contributed by atoms with Crippen LogP contribution in [-0.2, 0) is 22.6 Å². The van der Waals surface area contributed by atoms with Crippen molar-refractivity contribution in [3.05, 3.63) is 89.9 Å². The summed E-state index contributed by atoms with van der Waals surface area (Å²) < 4.78 is 29.1. The third kappa shape index (κ3) is 4.81. The topological polar surface area (TPSA) is 50.5 Å². The van der Waals surface area contributed by atoms with Gasteiger partial charge in [0.1, 0.15) is 0 Å². The molecule has 0 aliphatic heterocycles. The van der Waals surface area contributed by atoms with Crippen molar-refractivity contribution in [2.24, 2.45) is 0 Å². The first kappa shape index (κ1) is 24.5. The second kappa shape index (κ2) is 9.56. The molecule has 4 aromatic rings. The summed E-state index contributed by atoms with van der Waals surface area (Å²) in [6, 6.07) is 17.9. The van der Waals surface area contributed by atoms with Gasteiger partial charge in [0.2, 0.25) is 5.91 Å². The van der Waals surface area contributed by atoms with E-state index in [0.717, 1.165) is 30.2 Å². The minimum Gasteiger partial charge on any atom is -0.345 e. The van der Waals surface area contributed by atoms with Gasteiger partial charge in [-0.1, -0.05) is 61.5 Å². The summed E-state index contributed by atoms with van der Waals surface area (Å²) in [5.74, 6) is -2.91. The number of nitrogens with zero attached hydrogens (tertiary/aromatic N) is 4. The predicted octanol–water partition coefficient (Wildman–Crippen LogP) is 5.88. The summed E-state index contributed by atoms with van der Waals surface area (Å²) in [6.07, 6.45) is 4.71. The first-order chi connectivity index (χ1) is 16.6. The van der Waals surface area contributed by atoms with Crippen molar-refractivity contribution in [1.29, 1.82) is 0 Å². The van der Waals surface area contributed by atoms with E-state index in [0.29, 0.717) is 24.2 Å². The number of alkyl halides is 2. The van der Waals surface area contributed by atoms with Gasteiger partial charge in [-0.25, -0.2) is 18.3 Å². The highest BCUT2D eigenvalue weighted by Gasteiger charge is 2.40. The maximum atomic E-state index is 13.8. The normalized spacial score (nSPS) is 13.5. The third-order valence-electron chi connectivity index (χ3n) is 6.45. The van der Waals surface area contributed by atoms with Crippen LogP contribution in [0, 0.1) is 0 Å². The molecule has 2 aromatic heterocycles. The summed E-state index contributed by atoms with van der Waals surface area (Å²) in [5.41, 5.74) is 2.84. The number of hydrogen-bond acceptors (Lipinski definition) is 3. The average molecular weight is 477 g/mol. The Morgan fingerprint density at radius 3 is 2.34 bits per heavy atom. The van der Waals surface area contributed by atoms with Crippen LogP contribution in [0.3, 0.4) is 0 Å². The Balaban J connectivity index is 1.82. The van der Waals surface area contributed by atoms with Crippen LogP contribution in [0.1, 0.15) is 44.0 Å². The number of aromatic nitrogens is 3. The van der Waals surface area contributed by atoms with Crippen molar-refractivity contribution in [1.82, 2.24) is 19.5 Å². The molecule has 0 saturated heterocycles. The monoisotopic (exact) mass is 476 g/mol. The summed E-state index contributed by atoms with van der Waals surface area (Å²) >= 11 is 0. The van der Waals surface area contributed by atoms with Crippen LogP contribution >= 0.6 is 0 Å². The van der Waals surface area contributed by atoms with Gasteiger partial charge < -0.3 is 4.90 Å². The fraction of sp³-hybridized carbons (Fsp3) is 0.321. The Labute approximate surface area is 204 Å². The molecule has 0 spiro atoms. The van der Waals surface area contributed by atoms with E-state index in [9.17, 15) is 13.6 Å². The maximum absolute atomic E-state index is 13.8. The molecule has 0 radical (unpaired) electrons. The Morgan fingerprint density at radius 2 is 1.71 bits per heavy atom. The van der Waals surface area contributed by atoms with E-state index in [4.69, 9.17) is 0 Å². The van der Waals surface area contributed by atoms with E-state index < -0.39 is 11.3 Å². The van der Waals surface area contributed by atoms with Crippen LogP contribution in [0.2, 0.25) is 0 Å². The molecule has 5 nitrogen and oxygen atoms in total. The second-order valence-corrected chi connectivity index (χ2v) is 9.31. The van der Waals surface area contributed by atoms with Crippen molar-refractivity contribution in [2.45, 2.75) is 45.0 Å². The maximum Gasteiger partial charge on any atom is 0.270 e. The van der Waals surface area contributed by atoms with Crippen molar-refractivity contribution in [3.8, 4) is 11.1 Å². The van der Waals surface area contributed by atoms with Gasteiger partial charge in [-0.2, -0.15) is 5.10 Å². The number of hydrogen-bond donors (Lipinski definition) is 0. The van der Waals surface area contributed by atoms with Gasteiger partial charge in [0.05, 0.1) is 17.3 Å². The SMILES string of the molecule is CCCN(C)C(=O)C(C)(Cc1ccccc1)c1ccnc2c(-c3ccc(C(C)(F)F)cc3)cnn12. The van der Waals surface area contributed by atoms with E-state index in [1.165, 1.54) is 12.1 Å². The fourth-order valence-corrected chi connectivity index (χ4v) is 4.59. The fourth-order valence-electron chi connectivity index (χ4n) is 4.59. The molecular weight excluding hydrogens is 446 g/mol. The number of halogens is 2. The molecule has 0 bridgehead atoms. The highest BCUT2D eigenvalue weighted by Crippen LogP contribution is 2.34. The first-order valence-electron chi connectivity index (χ1n) is 11.8. The highest BCUT2D eigenvalue weighted by atomic mass is 19.3. The molecule has 4 rings (SSSR count). The molecule has 0 fully saturated rings. The lowest BCUT2D eigenvalue weighted by atomic mass is 9.78. The number of carbonyl (C=O) groups excluding carboxylic acids is 1. The Kier molecular flexibility index (Phi) is 6.70. The highest BCUT2D eigenvalue weighted by molar-refractivity contribution is 5.88.